The van der Waals surface area contributed by atoms with Crippen LogP contribution in [0.15, 0.2) is 24.3 Å². The number of nitrogens with one attached hydrogen (secondary N) is 3. The largest absolute Gasteiger partial charge is 0.383 e. The van der Waals surface area contributed by atoms with Crippen molar-refractivity contribution in [2.45, 2.75) is 6.92 Å². The summed E-state index contributed by atoms with van der Waals surface area (Å²) in [6.45, 7) is 3.08. The first-order valence-electron chi connectivity index (χ1n) is 6.44. The van der Waals surface area contributed by atoms with Crippen molar-refractivity contribution in [2.24, 2.45) is 0 Å². The van der Waals surface area contributed by atoms with Gasteiger partial charge in [0.1, 0.15) is 0 Å². The molecule has 1 rings (SSSR count). The van der Waals surface area contributed by atoms with E-state index < -0.39 is 0 Å². The normalized spacial score (nSPS) is 10.1. The van der Waals surface area contributed by atoms with Gasteiger partial charge in [0.05, 0.1) is 19.7 Å². The zero-order chi connectivity index (χ0) is 14.8. The van der Waals surface area contributed by atoms with Gasteiger partial charge < -0.3 is 15.4 Å². The molecular formula is C14H21N3O3. The first kappa shape index (κ1) is 16.1. The third kappa shape index (κ3) is 6.86. The second kappa shape index (κ2) is 9.06. The van der Waals surface area contributed by atoms with Crippen LogP contribution in [0.25, 0.3) is 0 Å². The van der Waals surface area contributed by atoms with Crippen molar-refractivity contribution in [3.8, 4) is 0 Å². The van der Waals surface area contributed by atoms with Crippen LogP contribution < -0.4 is 16.0 Å². The molecule has 1 aromatic carbocycles. The third-order valence-corrected chi connectivity index (χ3v) is 2.50. The number of anilines is 1. The Balaban J connectivity index is 2.18. The van der Waals surface area contributed by atoms with Crippen molar-refractivity contribution < 1.29 is 14.3 Å². The van der Waals surface area contributed by atoms with E-state index in [4.69, 9.17) is 4.74 Å². The minimum Gasteiger partial charge on any atom is -0.383 e. The summed E-state index contributed by atoms with van der Waals surface area (Å²) >= 11 is 0. The van der Waals surface area contributed by atoms with Crippen molar-refractivity contribution in [2.75, 3.05) is 38.7 Å². The smallest absolute Gasteiger partial charge is 0.238 e. The molecule has 6 heteroatoms. The zero-order valence-electron chi connectivity index (χ0n) is 11.9. The molecule has 0 saturated heterocycles. The Kier molecular flexibility index (Phi) is 7.31. The van der Waals surface area contributed by atoms with E-state index in [1.165, 1.54) is 0 Å². The monoisotopic (exact) mass is 279 g/mol. The molecule has 0 aliphatic heterocycles. The number of amides is 2. The minimum atomic E-state index is -0.180. The summed E-state index contributed by atoms with van der Waals surface area (Å²) in [5.41, 5.74) is 1.83. The second-order valence-electron chi connectivity index (χ2n) is 4.36. The van der Waals surface area contributed by atoms with Crippen LogP contribution in [0, 0.1) is 6.92 Å². The van der Waals surface area contributed by atoms with Gasteiger partial charge in [0.2, 0.25) is 11.8 Å². The quantitative estimate of drug-likeness (QED) is 0.597. The van der Waals surface area contributed by atoms with Gasteiger partial charge in [-0.2, -0.15) is 0 Å². The van der Waals surface area contributed by atoms with Crippen molar-refractivity contribution in [1.82, 2.24) is 10.6 Å². The van der Waals surface area contributed by atoms with E-state index in [9.17, 15) is 9.59 Å². The molecule has 20 heavy (non-hydrogen) atoms. The van der Waals surface area contributed by atoms with E-state index in [1.54, 1.807) is 7.11 Å². The maximum Gasteiger partial charge on any atom is 0.238 e. The van der Waals surface area contributed by atoms with E-state index in [0.717, 1.165) is 11.3 Å². The molecule has 3 N–H and O–H groups in total. The number of aryl methyl sites for hydroxylation is 1. The Morgan fingerprint density at radius 2 is 1.95 bits per heavy atom. The lowest BCUT2D eigenvalue weighted by Crippen LogP contribution is -2.38. The molecule has 1 aromatic rings. The first-order valence-corrected chi connectivity index (χ1v) is 6.44. The highest BCUT2D eigenvalue weighted by atomic mass is 16.5. The lowest BCUT2D eigenvalue weighted by molar-refractivity contribution is -0.120. The van der Waals surface area contributed by atoms with E-state index in [0.29, 0.717) is 13.2 Å². The van der Waals surface area contributed by atoms with Crippen molar-refractivity contribution >= 4 is 17.5 Å². The molecule has 0 fully saturated rings. The van der Waals surface area contributed by atoms with Gasteiger partial charge in [-0.15, -0.1) is 0 Å². The number of rotatable bonds is 8. The van der Waals surface area contributed by atoms with Gasteiger partial charge in [0.25, 0.3) is 0 Å². The third-order valence-electron chi connectivity index (χ3n) is 2.50. The number of benzene rings is 1. The lowest BCUT2D eigenvalue weighted by Gasteiger charge is -2.08. The molecule has 0 aromatic heterocycles. The Bertz CT molecular complexity index is 449. The van der Waals surface area contributed by atoms with Gasteiger partial charge in [-0.3, -0.25) is 14.9 Å². The van der Waals surface area contributed by atoms with Crippen molar-refractivity contribution in [3.05, 3.63) is 29.8 Å². The molecule has 0 atom stereocenters. The SMILES string of the molecule is COCCNC(=O)CNCC(=O)Nc1cccc(C)c1. The van der Waals surface area contributed by atoms with Gasteiger partial charge in [0.15, 0.2) is 0 Å². The van der Waals surface area contributed by atoms with Gasteiger partial charge in [-0.05, 0) is 24.6 Å². The summed E-state index contributed by atoms with van der Waals surface area (Å²) in [6.07, 6.45) is 0. The lowest BCUT2D eigenvalue weighted by atomic mass is 10.2. The minimum absolute atomic E-state index is 0.0889. The molecule has 0 heterocycles. The fourth-order valence-electron chi connectivity index (χ4n) is 1.57. The highest BCUT2D eigenvalue weighted by molar-refractivity contribution is 5.92. The molecule has 0 radical (unpaired) electrons. The molecule has 0 bridgehead atoms. The van der Waals surface area contributed by atoms with Gasteiger partial charge >= 0.3 is 0 Å². The van der Waals surface area contributed by atoms with E-state index in [1.807, 2.05) is 31.2 Å². The molecule has 0 saturated carbocycles. The summed E-state index contributed by atoms with van der Waals surface area (Å²) < 4.78 is 4.81. The maximum atomic E-state index is 11.6. The average Bonchev–Trinajstić information content (AvgIpc) is 2.39. The topological polar surface area (TPSA) is 79.5 Å². The Morgan fingerprint density at radius 1 is 1.20 bits per heavy atom. The molecular weight excluding hydrogens is 258 g/mol. The molecule has 2 amide bonds. The van der Waals surface area contributed by atoms with Crippen LogP contribution in [0.2, 0.25) is 0 Å². The Hall–Kier alpha value is -1.92. The van der Waals surface area contributed by atoms with E-state index in [-0.39, 0.29) is 24.9 Å². The summed E-state index contributed by atoms with van der Waals surface area (Å²) in [7, 11) is 1.57. The fourth-order valence-corrected chi connectivity index (χ4v) is 1.57. The van der Waals surface area contributed by atoms with E-state index in [2.05, 4.69) is 16.0 Å². The zero-order valence-corrected chi connectivity index (χ0v) is 11.9. The summed E-state index contributed by atoms with van der Waals surface area (Å²) in [5, 5.41) is 8.19. The number of hydrogen-bond acceptors (Lipinski definition) is 4. The Labute approximate surface area is 118 Å². The predicted octanol–water partition coefficient (Wildman–Crippen LogP) is 0.286. The van der Waals surface area contributed by atoms with Gasteiger partial charge in [0, 0.05) is 19.3 Å². The summed E-state index contributed by atoms with van der Waals surface area (Å²) in [6, 6.07) is 7.54. The van der Waals surface area contributed by atoms with Crippen LogP contribution >= 0.6 is 0 Å². The molecule has 0 spiro atoms. The van der Waals surface area contributed by atoms with Gasteiger partial charge in [-0.25, -0.2) is 0 Å². The molecule has 110 valence electrons. The maximum absolute atomic E-state index is 11.6. The van der Waals surface area contributed by atoms with Crippen LogP contribution in [-0.2, 0) is 14.3 Å². The molecule has 0 aliphatic carbocycles. The van der Waals surface area contributed by atoms with Crippen LogP contribution in [-0.4, -0.2) is 45.2 Å². The molecule has 6 nitrogen and oxygen atoms in total. The average molecular weight is 279 g/mol. The highest BCUT2D eigenvalue weighted by Gasteiger charge is 2.04. The standard InChI is InChI=1S/C14H21N3O3/c1-11-4-3-5-12(8-11)17-14(19)10-15-9-13(18)16-6-7-20-2/h3-5,8,15H,6-7,9-10H2,1-2H3,(H,16,18)(H,17,19). The van der Waals surface area contributed by atoms with Crippen LogP contribution in [0.4, 0.5) is 5.69 Å². The first-order chi connectivity index (χ1) is 9.61. The van der Waals surface area contributed by atoms with Crippen LogP contribution in [0.1, 0.15) is 5.56 Å². The summed E-state index contributed by atoms with van der Waals surface area (Å²) in [5.74, 6) is -0.342. The number of hydrogen-bond donors (Lipinski definition) is 3. The highest BCUT2D eigenvalue weighted by Crippen LogP contribution is 2.08. The van der Waals surface area contributed by atoms with Gasteiger partial charge in [-0.1, -0.05) is 12.1 Å². The number of ether oxygens (including phenoxy) is 1. The molecule has 0 aliphatic rings. The number of methoxy groups -OCH3 is 1. The number of carbonyl (C=O) groups is 2. The summed E-state index contributed by atoms with van der Waals surface area (Å²) in [4.78, 5) is 23.0. The van der Waals surface area contributed by atoms with Crippen LogP contribution in [0.5, 0.6) is 0 Å². The molecule has 0 unspecified atom stereocenters. The van der Waals surface area contributed by atoms with E-state index >= 15 is 0 Å². The second-order valence-corrected chi connectivity index (χ2v) is 4.36. The van der Waals surface area contributed by atoms with Crippen molar-refractivity contribution in [3.63, 3.8) is 0 Å². The van der Waals surface area contributed by atoms with Crippen LogP contribution in [0.3, 0.4) is 0 Å². The Morgan fingerprint density at radius 3 is 2.65 bits per heavy atom. The predicted molar refractivity (Wildman–Crippen MR) is 77.6 cm³/mol. The number of carbonyl (C=O) groups excluding carboxylic acids is 2. The van der Waals surface area contributed by atoms with Crippen molar-refractivity contribution in [1.29, 1.82) is 0 Å². The fraction of sp³-hybridized carbons (Fsp3) is 0.429.